The minimum atomic E-state index is -0.775. The van der Waals surface area contributed by atoms with Crippen LogP contribution in [0, 0.1) is 0 Å². The molecular weight excluding hydrogens is 470 g/mol. The first-order valence-electron chi connectivity index (χ1n) is 12.6. The predicted octanol–water partition coefficient (Wildman–Crippen LogP) is 3.53. The van der Waals surface area contributed by atoms with E-state index in [1.807, 2.05) is 54.6 Å². The first-order chi connectivity index (χ1) is 18.1. The van der Waals surface area contributed by atoms with E-state index in [-0.39, 0.29) is 56.2 Å². The highest BCUT2D eigenvalue weighted by Crippen LogP contribution is 2.29. The van der Waals surface area contributed by atoms with E-state index in [9.17, 15) is 14.7 Å². The van der Waals surface area contributed by atoms with E-state index < -0.39 is 6.10 Å². The Morgan fingerprint density at radius 1 is 0.946 bits per heavy atom. The summed E-state index contributed by atoms with van der Waals surface area (Å²) in [6.45, 7) is 0.535. The van der Waals surface area contributed by atoms with Crippen molar-refractivity contribution in [1.29, 1.82) is 0 Å². The number of nitrogens with one attached hydrogen (secondary N) is 1. The number of hydrogen-bond donors (Lipinski definition) is 2. The highest BCUT2D eigenvalue weighted by atomic mass is 16.5. The summed E-state index contributed by atoms with van der Waals surface area (Å²) in [7, 11) is 0. The number of amides is 2. The second-order valence-electron chi connectivity index (χ2n) is 9.52. The number of hydrogen-bond acceptors (Lipinski definition) is 6. The van der Waals surface area contributed by atoms with Gasteiger partial charge in [0.05, 0.1) is 37.9 Å². The quantitative estimate of drug-likeness (QED) is 0.555. The Morgan fingerprint density at radius 2 is 1.68 bits per heavy atom. The smallest absolute Gasteiger partial charge is 0.254 e. The molecule has 2 fully saturated rings. The average Bonchev–Trinajstić information content (AvgIpc) is 2.92. The third-order valence-electron chi connectivity index (χ3n) is 6.86. The molecule has 2 aromatic carbocycles. The molecular formula is C29H31N3O5. The van der Waals surface area contributed by atoms with Crippen molar-refractivity contribution in [2.24, 2.45) is 0 Å². The number of aliphatic hydroxyl groups is 1. The summed E-state index contributed by atoms with van der Waals surface area (Å²) in [4.78, 5) is 31.7. The van der Waals surface area contributed by atoms with Crippen molar-refractivity contribution in [2.45, 2.75) is 43.6 Å². The molecule has 8 heteroatoms. The van der Waals surface area contributed by atoms with Crippen LogP contribution in [0.25, 0.3) is 11.1 Å². The minimum Gasteiger partial charge on any atom is -0.389 e. The van der Waals surface area contributed by atoms with Crippen LogP contribution >= 0.6 is 0 Å². The maximum absolute atomic E-state index is 13.3. The van der Waals surface area contributed by atoms with Crippen molar-refractivity contribution < 1.29 is 24.2 Å². The molecule has 37 heavy (non-hydrogen) atoms. The van der Waals surface area contributed by atoms with Gasteiger partial charge in [0, 0.05) is 30.2 Å². The van der Waals surface area contributed by atoms with E-state index >= 15 is 0 Å². The zero-order valence-electron chi connectivity index (χ0n) is 20.5. The van der Waals surface area contributed by atoms with Gasteiger partial charge in [0.25, 0.3) is 5.91 Å². The first-order valence-corrected chi connectivity index (χ1v) is 12.6. The van der Waals surface area contributed by atoms with Crippen LogP contribution in [0.4, 0.5) is 5.69 Å². The Bertz CT molecular complexity index is 1190. The van der Waals surface area contributed by atoms with Crippen molar-refractivity contribution in [1.82, 2.24) is 9.88 Å². The number of pyridine rings is 1. The number of benzene rings is 2. The topological polar surface area (TPSA) is 101 Å². The number of carbonyl (C=O) groups excluding carboxylic acids is 2. The molecule has 5 rings (SSSR count). The van der Waals surface area contributed by atoms with E-state index in [0.29, 0.717) is 18.4 Å². The van der Waals surface area contributed by atoms with Gasteiger partial charge in [0.2, 0.25) is 5.91 Å². The molecule has 1 aromatic heterocycles. The standard InChI is InChI=1S/C29H31N3O5/c33-24-17-32(29(35)22-12-14-30-15-13-22)26-11-10-25(37-27(26)19-36-18-24)16-28(34)31-23-8-6-21(7-9-23)20-4-2-1-3-5-20/h1-9,12-15,24-27,33H,10-11,16-19H2,(H,31,34)/t24-,25+,26-,27+/m1/s1. The molecule has 4 atom stereocenters. The lowest BCUT2D eigenvalue weighted by Gasteiger charge is -2.44. The van der Waals surface area contributed by atoms with E-state index in [2.05, 4.69) is 10.3 Å². The van der Waals surface area contributed by atoms with Gasteiger partial charge in [0.15, 0.2) is 0 Å². The molecule has 0 saturated carbocycles. The normalized spacial score (nSPS) is 23.9. The fraction of sp³-hybridized carbons (Fsp3) is 0.345. The fourth-order valence-electron chi connectivity index (χ4n) is 5.03. The summed E-state index contributed by atoms with van der Waals surface area (Å²) >= 11 is 0. The number of β-amino-alcohol motifs (C(OH)–C–C–N with tert-alkyl or cyclic N) is 1. The van der Waals surface area contributed by atoms with Crippen LogP contribution in [0.15, 0.2) is 79.1 Å². The molecule has 0 unspecified atom stereocenters. The van der Waals surface area contributed by atoms with Crippen LogP contribution in [0.3, 0.4) is 0 Å². The SMILES string of the molecule is O=C(C[C@@H]1CC[C@@H]2[C@H](COC[C@H](O)CN2C(=O)c2ccncc2)O1)Nc1ccc(-c2ccccc2)cc1. The second kappa shape index (κ2) is 11.6. The van der Waals surface area contributed by atoms with Crippen LogP contribution in [-0.2, 0) is 14.3 Å². The Labute approximate surface area is 216 Å². The first kappa shape index (κ1) is 25.1. The van der Waals surface area contributed by atoms with Gasteiger partial charge in [-0.05, 0) is 48.2 Å². The van der Waals surface area contributed by atoms with E-state index in [4.69, 9.17) is 9.47 Å². The number of aromatic nitrogens is 1. The Kier molecular flexibility index (Phi) is 7.89. The van der Waals surface area contributed by atoms with Gasteiger partial charge in [-0.3, -0.25) is 14.6 Å². The van der Waals surface area contributed by atoms with Crippen molar-refractivity contribution in [3.05, 3.63) is 84.7 Å². The second-order valence-corrected chi connectivity index (χ2v) is 9.52. The molecule has 3 aromatic rings. The average molecular weight is 502 g/mol. The minimum absolute atomic E-state index is 0.122. The van der Waals surface area contributed by atoms with E-state index in [1.54, 1.807) is 29.4 Å². The number of fused-ring (bicyclic) bond motifs is 1. The lowest BCUT2D eigenvalue weighted by Crippen LogP contribution is -2.57. The molecule has 192 valence electrons. The Hall–Kier alpha value is -3.59. The number of rotatable bonds is 5. The third kappa shape index (κ3) is 6.22. The Balaban J connectivity index is 1.20. The van der Waals surface area contributed by atoms with Crippen LogP contribution in [0.2, 0.25) is 0 Å². The zero-order valence-corrected chi connectivity index (χ0v) is 20.5. The summed E-state index contributed by atoms with van der Waals surface area (Å²) in [5.41, 5.74) is 3.45. The van der Waals surface area contributed by atoms with Crippen LogP contribution < -0.4 is 5.32 Å². The predicted molar refractivity (Wildman–Crippen MR) is 139 cm³/mol. The lowest BCUT2D eigenvalue weighted by atomic mass is 9.94. The fourth-order valence-corrected chi connectivity index (χ4v) is 5.03. The maximum Gasteiger partial charge on any atom is 0.254 e. The van der Waals surface area contributed by atoms with E-state index in [0.717, 1.165) is 16.8 Å². The number of anilines is 1. The zero-order chi connectivity index (χ0) is 25.6. The largest absolute Gasteiger partial charge is 0.389 e. The molecule has 2 amide bonds. The molecule has 0 radical (unpaired) electrons. The molecule has 2 N–H and O–H groups in total. The summed E-state index contributed by atoms with van der Waals surface area (Å²) in [6, 6.07) is 20.9. The molecule has 8 nitrogen and oxygen atoms in total. The summed E-state index contributed by atoms with van der Waals surface area (Å²) in [5.74, 6) is -0.292. The van der Waals surface area contributed by atoms with Crippen molar-refractivity contribution in [3.8, 4) is 11.1 Å². The van der Waals surface area contributed by atoms with Crippen molar-refractivity contribution in [2.75, 3.05) is 25.1 Å². The number of ether oxygens (including phenoxy) is 2. The van der Waals surface area contributed by atoms with Gasteiger partial charge >= 0.3 is 0 Å². The molecule has 2 saturated heterocycles. The summed E-state index contributed by atoms with van der Waals surface area (Å²) in [5, 5.41) is 13.3. The van der Waals surface area contributed by atoms with Gasteiger partial charge in [-0.15, -0.1) is 0 Å². The monoisotopic (exact) mass is 501 g/mol. The van der Waals surface area contributed by atoms with Gasteiger partial charge in [-0.1, -0.05) is 42.5 Å². The maximum atomic E-state index is 13.3. The van der Waals surface area contributed by atoms with Gasteiger partial charge in [0.1, 0.15) is 6.10 Å². The molecule has 2 aliphatic heterocycles. The van der Waals surface area contributed by atoms with Crippen LogP contribution in [0.1, 0.15) is 29.6 Å². The number of nitrogens with zero attached hydrogens (tertiary/aromatic N) is 2. The third-order valence-corrected chi connectivity index (χ3v) is 6.86. The summed E-state index contributed by atoms with van der Waals surface area (Å²) < 4.78 is 12.0. The Morgan fingerprint density at radius 3 is 2.43 bits per heavy atom. The van der Waals surface area contributed by atoms with Crippen molar-refractivity contribution in [3.63, 3.8) is 0 Å². The van der Waals surface area contributed by atoms with Crippen molar-refractivity contribution >= 4 is 17.5 Å². The van der Waals surface area contributed by atoms with Gasteiger partial charge in [-0.2, -0.15) is 0 Å². The molecule has 2 aliphatic rings. The highest BCUT2D eigenvalue weighted by Gasteiger charge is 2.40. The molecule has 0 aliphatic carbocycles. The molecule has 3 heterocycles. The molecule has 0 bridgehead atoms. The summed E-state index contributed by atoms with van der Waals surface area (Å²) in [6.07, 6.45) is 3.21. The van der Waals surface area contributed by atoms with Crippen LogP contribution in [0.5, 0.6) is 0 Å². The van der Waals surface area contributed by atoms with E-state index in [1.165, 1.54) is 0 Å². The number of aliphatic hydroxyl groups excluding tert-OH is 1. The molecule has 0 spiro atoms. The highest BCUT2D eigenvalue weighted by molar-refractivity contribution is 5.94. The van der Waals surface area contributed by atoms with Crippen LogP contribution in [-0.4, -0.2) is 70.9 Å². The lowest BCUT2D eigenvalue weighted by molar-refractivity contribution is -0.149. The van der Waals surface area contributed by atoms with Gasteiger partial charge in [-0.25, -0.2) is 0 Å². The number of carbonyl (C=O) groups is 2. The van der Waals surface area contributed by atoms with Gasteiger partial charge < -0.3 is 24.8 Å².